The fourth-order valence-electron chi connectivity index (χ4n) is 4.61. The number of sulfonamides is 1. The Morgan fingerprint density at radius 1 is 1.06 bits per heavy atom. The summed E-state index contributed by atoms with van der Waals surface area (Å²) in [7, 11) is -2.69. The van der Waals surface area contributed by atoms with Gasteiger partial charge in [0.25, 0.3) is 5.91 Å². The highest BCUT2D eigenvalue weighted by Crippen LogP contribution is 2.38. The van der Waals surface area contributed by atoms with Crippen LogP contribution in [0.1, 0.15) is 58.5 Å². The van der Waals surface area contributed by atoms with Crippen LogP contribution in [0.4, 0.5) is 9.80 Å². The van der Waals surface area contributed by atoms with Crippen molar-refractivity contribution in [1.29, 1.82) is 0 Å². The summed E-state index contributed by atoms with van der Waals surface area (Å²) in [6.07, 6.45) is 4.42. The Kier molecular flexibility index (Phi) is 7.58. The molecule has 4 rings (SSSR count). The van der Waals surface area contributed by atoms with E-state index in [1.807, 2.05) is 6.92 Å². The summed E-state index contributed by atoms with van der Waals surface area (Å²) < 4.78 is 32.3. The van der Waals surface area contributed by atoms with E-state index in [0.29, 0.717) is 24.3 Å². The molecule has 2 N–H and O–H groups in total. The molecule has 2 aliphatic rings. The molecule has 2 aromatic rings. The van der Waals surface area contributed by atoms with Gasteiger partial charge in [0, 0.05) is 11.4 Å². The van der Waals surface area contributed by atoms with Gasteiger partial charge in [-0.2, -0.15) is 4.31 Å². The second-order valence-corrected chi connectivity index (χ2v) is 11.8. The van der Waals surface area contributed by atoms with Crippen molar-refractivity contribution in [2.45, 2.75) is 62.8 Å². The number of nitrogens with one attached hydrogen (secondary N) is 2. The normalized spacial score (nSPS) is 18.4. The second-order valence-electron chi connectivity index (χ2n) is 8.79. The Morgan fingerprint density at radius 3 is 2.49 bits per heavy atom. The third kappa shape index (κ3) is 5.26. The number of rotatable bonds is 5. The second kappa shape index (κ2) is 10.5. The Labute approximate surface area is 208 Å². The molecule has 2 heterocycles. The van der Waals surface area contributed by atoms with E-state index in [-0.39, 0.29) is 17.0 Å². The molecule has 35 heavy (non-hydrogen) atoms. The number of anilines is 1. The van der Waals surface area contributed by atoms with Crippen molar-refractivity contribution in [3.8, 4) is 0 Å². The quantitative estimate of drug-likeness (QED) is 0.582. The lowest BCUT2D eigenvalue weighted by Crippen LogP contribution is -2.43. The number of ether oxygens (including phenoxy) is 1. The largest absolute Gasteiger partial charge is 0.453 e. The number of aryl methyl sites for hydroxylation is 2. The zero-order chi connectivity index (χ0) is 25.2. The zero-order valence-electron chi connectivity index (χ0n) is 19.8. The Balaban J connectivity index is 1.62. The first kappa shape index (κ1) is 25.3. The topological polar surface area (TPSA) is 122 Å². The highest BCUT2D eigenvalue weighted by atomic mass is 32.2. The van der Waals surface area contributed by atoms with Gasteiger partial charge >= 0.3 is 6.09 Å². The summed E-state index contributed by atoms with van der Waals surface area (Å²) in [5.74, 6) is -1.12. The van der Waals surface area contributed by atoms with Crippen LogP contribution in [-0.2, 0) is 32.4 Å². The number of amides is 3. The number of imide groups is 1. The van der Waals surface area contributed by atoms with Crippen molar-refractivity contribution in [3.05, 3.63) is 45.8 Å². The van der Waals surface area contributed by atoms with Gasteiger partial charge in [0.2, 0.25) is 15.9 Å². The third-order valence-corrected chi connectivity index (χ3v) is 9.55. The molecule has 1 aromatic carbocycles. The maximum atomic E-state index is 13.4. The molecule has 1 aromatic heterocycles. The van der Waals surface area contributed by atoms with Gasteiger partial charge in [-0.3, -0.25) is 14.9 Å². The smallest absolute Gasteiger partial charge is 0.413 e. The lowest BCUT2D eigenvalue weighted by molar-refractivity contribution is -0.119. The van der Waals surface area contributed by atoms with Gasteiger partial charge in [0.15, 0.2) is 0 Å². The number of thiophene rings is 1. The molecule has 0 bridgehead atoms. The Morgan fingerprint density at radius 2 is 1.77 bits per heavy atom. The van der Waals surface area contributed by atoms with E-state index < -0.39 is 34.0 Å². The van der Waals surface area contributed by atoms with E-state index in [2.05, 4.69) is 15.4 Å². The summed E-state index contributed by atoms with van der Waals surface area (Å²) in [6.45, 7) is 2.12. The number of methoxy groups -OCH3 is 1. The van der Waals surface area contributed by atoms with E-state index in [4.69, 9.17) is 0 Å². The van der Waals surface area contributed by atoms with E-state index in [1.54, 1.807) is 24.3 Å². The first-order valence-electron chi connectivity index (χ1n) is 11.7. The van der Waals surface area contributed by atoms with Crippen molar-refractivity contribution in [3.63, 3.8) is 0 Å². The molecule has 1 atom stereocenters. The summed E-state index contributed by atoms with van der Waals surface area (Å²) in [4.78, 5) is 39.2. The van der Waals surface area contributed by atoms with Crippen LogP contribution in [0.25, 0.3) is 0 Å². The van der Waals surface area contributed by atoms with Crippen LogP contribution in [0.15, 0.2) is 29.2 Å². The zero-order valence-corrected chi connectivity index (χ0v) is 21.4. The minimum atomic E-state index is -3.86. The maximum Gasteiger partial charge on any atom is 0.413 e. The van der Waals surface area contributed by atoms with Crippen LogP contribution >= 0.6 is 11.3 Å². The molecule has 3 amide bonds. The van der Waals surface area contributed by atoms with Crippen molar-refractivity contribution < 1.29 is 27.5 Å². The Hall–Kier alpha value is -2.76. The first-order chi connectivity index (χ1) is 16.7. The van der Waals surface area contributed by atoms with Gasteiger partial charge in [0.1, 0.15) is 11.0 Å². The van der Waals surface area contributed by atoms with E-state index >= 15 is 0 Å². The molecule has 188 valence electrons. The van der Waals surface area contributed by atoms with Gasteiger partial charge in [-0.1, -0.05) is 24.1 Å². The standard InChI is InChI=1S/C24H29N3O6S2/c1-15-10-12-16(13-11-15)35(31,32)27-14-6-8-18(27)21(28)25-23-20(22(29)26-24(30)33-2)17-7-4-3-5-9-19(17)34-23/h10-13,18H,3-9,14H2,1-2H3,(H,25,28)(H,26,29,30). The number of alkyl carbamates (subject to hydrolysis) is 1. The minimum absolute atomic E-state index is 0.142. The van der Waals surface area contributed by atoms with Crippen molar-refractivity contribution in [2.24, 2.45) is 0 Å². The fourth-order valence-corrected chi connectivity index (χ4v) is 7.55. The summed E-state index contributed by atoms with van der Waals surface area (Å²) in [5.41, 5.74) is 2.03. The van der Waals surface area contributed by atoms with Crippen LogP contribution in [-0.4, -0.2) is 50.3 Å². The monoisotopic (exact) mass is 519 g/mol. The van der Waals surface area contributed by atoms with Gasteiger partial charge in [-0.05, 0) is 63.1 Å². The molecule has 0 radical (unpaired) electrons. The average molecular weight is 520 g/mol. The van der Waals surface area contributed by atoms with Gasteiger partial charge in [0.05, 0.1) is 17.6 Å². The highest BCUT2D eigenvalue weighted by molar-refractivity contribution is 7.89. The molecule has 11 heteroatoms. The minimum Gasteiger partial charge on any atom is -0.453 e. The molecule has 1 unspecified atom stereocenters. The molecular formula is C24H29N3O6S2. The van der Waals surface area contributed by atoms with Crippen LogP contribution in [0, 0.1) is 6.92 Å². The number of fused-ring (bicyclic) bond motifs is 1. The van der Waals surface area contributed by atoms with Gasteiger partial charge in [-0.25, -0.2) is 13.2 Å². The average Bonchev–Trinajstić information content (AvgIpc) is 3.39. The highest BCUT2D eigenvalue weighted by Gasteiger charge is 2.40. The van der Waals surface area contributed by atoms with E-state index in [0.717, 1.165) is 41.7 Å². The van der Waals surface area contributed by atoms with Crippen molar-refractivity contribution >= 4 is 44.3 Å². The predicted molar refractivity (Wildman–Crippen MR) is 132 cm³/mol. The molecule has 1 saturated heterocycles. The third-order valence-electron chi connectivity index (χ3n) is 6.42. The van der Waals surface area contributed by atoms with Gasteiger partial charge in [-0.15, -0.1) is 11.3 Å². The molecule has 0 spiro atoms. The van der Waals surface area contributed by atoms with Crippen LogP contribution in [0.2, 0.25) is 0 Å². The summed E-state index contributed by atoms with van der Waals surface area (Å²) in [6, 6.07) is 5.65. The molecule has 0 saturated carbocycles. The molecule has 9 nitrogen and oxygen atoms in total. The number of carbonyl (C=O) groups is 3. The van der Waals surface area contributed by atoms with Crippen molar-refractivity contribution in [2.75, 3.05) is 19.0 Å². The lowest BCUT2D eigenvalue weighted by Gasteiger charge is -2.23. The SMILES string of the molecule is COC(=O)NC(=O)c1c(NC(=O)C2CCCN2S(=O)(=O)c2ccc(C)cc2)sc2c1CCCCC2. The summed E-state index contributed by atoms with van der Waals surface area (Å²) >= 11 is 1.32. The molecule has 1 aliphatic carbocycles. The van der Waals surface area contributed by atoms with Gasteiger partial charge < -0.3 is 10.1 Å². The molecule has 1 aliphatic heterocycles. The van der Waals surface area contributed by atoms with Crippen molar-refractivity contribution in [1.82, 2.24) is 9.62 Å². The summed E-state index contributed by atoms with van der Waals surface area (Å²) in [5, 5.41) is 5.36. The van der Waals surface area contributed by atoms with Crippen LogP contribution in [0.3, 0.4) is 0 Å². The molecule has 1 fully saturated rings. The first-order valence-corrected chi connectivity index (χ1v) is 13.9. The van der Waals surface area contributed by atoms with Crippen LogP contribution < -0.4 is 10.6 Å². The number of hydrogen-bond acceptors (Lipinski definition) is 7. The molecular weight excluding hydrogens is 490 g/mol. The maximum absolute atomic E-state index is 13.4. The lowest BCUT2D eigenvalue weighted by atomic mass is 10.0. The fraction of sp³-hybridized carbons (Fsp3) is 0.458. The predicted octanol–water partition coefficient (Wildman–Crippen LogP) is 3.61. The van der Waals surface area contributed by atoms with E-state index in [1.165, 1.54) is 22.8 Å². The number of hydrogen-bond donors (Lipinski definition) is 2. The van der Waals surface area contributed by atoms with E-state index in [9.17, 15) is 22.8 Å². The number of benzene rings is 1. The number of nitrogens with zero attached hydrogens (tertiary/aromatic N) is 1. The van der Waals surface area contributed by atoms with Crippen LogP contribution in [0.5, 0.6) is 0 Å². The Bertz CT molecular complexity index is 1240. The number of carbonyl (C=O) groups excluding carboxylic acids is 3.